The third-order valence-electron chi connectivity index (χ3n) is 3.09. The van der Waals surface area contributed by atoms with E-state index >= 15 is 0 Å². The molecule has 0 radical (unpaired) electrons. The standard InChI is InChI=1S/C12H14N2O6S2/c1-21(15,16)19-13-5-9-3-11-7-14(20-22(2,17)18)8-12(11)4-10(9)6-13/h3-6H,7-8H2,1-2H3. The van der Waals surface area contributed by atoms with Crippen LogP contribution in [0.25, 0.3) is 10.8 Å². The molecule has 0 aliphatic carbocycles. The minimum absolute atomic E-state index is 0.344. The van der Waals surface area contributed by atoms with Crippen LogP contribution in [-0.4, -0.2) is 39.1 Å². The fourth-order valence-electron chi connectivity index (χ4n) is 2.44. The van der Waals surface area contributed by atoms with Crippen molar-refractivity contribution in [3.05, 3.63) is 35.7 Å². The summed E-state index contributed by atoms with van der Waals surface area (Å²) >= 11 is 0. The Bertz CT molecular complexity index is 902. The van der Waals surface area contributed by atoms with Gasteiger partial charge in [0.2, 0.25) is 0 Å². The molecular formula is C12H14N2O6S2. The Morgan fingerprint density at radius 2 is 1.32 bits per heavy atom. The Balaban J connectivity index is 1.89. The van der Waals surface area contributed by atoms with E-state index in [-0.39, 0.29) is 0 Å². The van der Waals surface area contributed by atoms with Crippen LogP contribution in [0, 0.1) is 0 Å². The van der Waals surface area contributed by atoms with Crippen LogP contribution in [0.1, 0.15) is 11.1 Å². The SMILES string of the molecule is CS(=O)(=O)ON1Cc2cc3cn(OS(C)(=O)=O)cc3cc2C1. The first kappa shape index (κ1) is 15.3. The summed E-state index contributed by atoms with van der Waals surface area (Å²) in [5, 5.41) is 2.95. The molecule has 1 aromatic carbocycles. The third-order valence-corrected chi connectivity index (χ3v) is 4.02. The third kappa shape index (κ3) is 3.40. The van der Waals surface area contributed by atoms with E-state index in [0.717, 1.165) is 39.1 Å². The van der Waals surface area contributed by atoms with Crippen LogP contribution < -0.4 is 4.28 Å². The highest BCUT2D eigenvalue weighted by Crippen LogP contribution is 2.28. The van der Waals surface area contributed by atoms with E-state index in [0.29, 0.717) is 13.1 Å². The van der Waals surface area contributed by atoms with Gasteiger partial charge >= 0.3 is 10.1 Å². The first-order chi connectivity index (χ1) is 10.1. The van der Waals surface area contributed by atoms with Crippen molar-refractivity contribution in [3.63, 3.8) is 0 Å². The van der Waals surface area contributed by atoms with Gasteiger partial charge in [0.15, 0.2) is 0 Å². The van der Waals surface area contributed by atoms with E-state index in [9.17, 15) is 16.8 Å². The molecule has 10 heteroatoms. The molecule has 0 fully saturated rings. The summed E-state index contributed by atoms with van der Waals surface area (Å²) in [7, 11) is -7.15. The highest BCUT2D eigenvalue weighted by molar-refractivity contribution is 7.86. The number of fused-ring (bicyclic) bond motifs is 2. The molecule has 2 heterocycles. The van der Waals surface area contributed by atoms with Crippen molar-refractivity contribution in [1.29, 1.82) is 0 Å². The summed E-state index contributed by atoms with van der Waals surface area (Å²) in [6.07, 6.45) is 5.07. The molecule has 2 aromatic rings. The number of hydroxylamine groups is 2. The van der Waals surface area contributed by atoms with Crippen molar-refractivity contribution in [2.75, 3.05) is 12.5 Å². The number of benzene rings is 1. The van der Waals surface area contributed by atoms with Gasteiger partial charge in [-0.15, -0.1) is 0 Å². The predicted molar refractivity (Wildman–Crippen MR) is 78.5 cm³/mol. The van der Waals surface area contributed by atoms with Crippen LogP contribution in [0.15, 0.2) is 24.5 Å². The van der Waals surface area contributed by atoms with Gasteiger partial charge in [-0.25, -0.2) is 0 Å². The van der Waals surface area contributed by atoms with Gasteiger partial charge < -0.3 is 0 Å². The van der Waals surface area contributed by atoms with Crippen LogP contribution in [-0.2, 0) is 37.6 Å². The van der Waals surface area contributed by atoms with E-state index in [1.165, 1.54) is 5.06 Å². The summed E-state index contributed by atoms with van der Waals surface area (Å²) in [5.74, 6) is 0. The molecule has 0 N–H and O–H groups in total. The van der Waals surface area contributed by atoms with Crippen molar-refractivity contribution < 1.29 is 25.4 Å². The minimum atomic E-state index is -3.60. The zero-order valence-electron chi connectivity index (χ0n) is 11.9. The molecule has 0 saturated carbocycles. The largest absolute Gasteiger partial charge is 0.324 e. The summed E-state index contributed by atoms with van der Waals surface area (Å²) in [6, 6.07) is 3.72. The van der Waals surface area contributed by atoms with Gasteiger partial charge in [0.25, 0.3) is 10.1 Å². The van der Waals surface area contributed by atoms with Gasteiger partial charge in [-0.05, 0) is 23.3 Å². The van der Waals surface area contributed by atoms with Gasteiger partial charge in [0, 0.05) is 10.8 Å². The quantitative estimate of drug-likeness (QED) is 0.782. The number of nitrogens with zero attached hydrogens (tertiary/aromatic N) is 2. The Kier molecular flexibility index (Phi) is 3.44. The van der Waals surface area contributed by atoms with Gasteiger partial charge in [0.05, 0.1) is 38.0 Å². The number of hydrogen-bond donors (Lipinski definition) is 0. The summed E-state index contributed by atoms with van der Waals surface area (Å²) < 4.78 is 55.4. The van der Waals surface area contributed by atoms with Crippen LogP contribution in [0.5, 0.6) is 0 Å². The molecule has 3 rings (SSSR count). The first-order valence-electron chi connectivity index (χ1n) is 6.27. The molecule has 0 atom stereocenters. The maximum Gasteiger partial charge on any atom is 0.324 e. The van der Waals surface area contributed by atoms with Crippen LogP contribution >= 0.6 is 0 Å². The van der Waals surface area contributed by atoms with Crippen molar-refractivity contribution in [2.24, 2.45) is 0 Å². The van der Waals surface area contributed by atoms with Gasteiger partial charge in [-0.2, -0.15) is 30.9 Å². The van der Waals surface area contributed by atoms with Crippen molar-refractivity contribution in [2.45, 2.75) is 13.1 Å². The lowest BCUT2D eigenvalue weighted by Gasteiger charge is -2.11. The molecule has 120 valence electrons. The Hall–Kier alpha value is -1.62. The number of aromatic nitrogens is 1. The summed E-state index contributed by atoms with van der Waals surface area (Å²) in [4.78, 5) is 0. The van der Waals surface area contributed by atoms with Crippen molar-refractivity contribution in [3.8, 4) is 0 Å². The first-order valence-corrected chi connectivity index (χ1v) is 9.90. The highest BCUT2D eigenvalue weighted by atomic mass is 32.2. The zero-order valence-corrected chi connectivity index (χ0v) is 13.5. The maximum absolute atomic E-state index is 11.2. The average molecular weight is 346 g/mol. The molecule has 0 spiro atoms. The fraction of sp³-hybridized carbons (Fsp3) is 0.333. The van der Waals surface area contributed by atoms with E-state index < -0.39 is 20.2 Å². The zero-order chi connectivity index (χ0) is 16.1. The molecule has 1 aromatic heterocycles. The molecule has 0 unspecified atom stereocenters. The Morgan fingerprint density at radius 3 is 1.73 bits per heavy atom. The van der Waals surface area contributed by atoms with Crippen molar-refractivity contribution in [1.82, 2.24) is 9.79 Å². The van der Waals surface area contributed by atoms with Gasteiger partial charge in [-0.3, -0.25) is 4.28 Å². The second-order valence-electron chi connectivity index (χ2n) is 5.22. The Labute approximate surface area is 128 Å². The van der Waals surface area contributed by atoms with Crippen molar-refractivity contribution >= 4 is 31.0 Å². The second-order valence-corrected chi connectivity index (χ2v) is 8.34. The lowest BCUT2D eigenvalue weighted by atomic mass is 10.1. The van der Waals surface area contributed by atoms with Crippen LogP contribution in [0.3, 0.4) is 0 Å². The summed E-state index contributed by atoms with van der Waals surface area (Å²) in [5.41, 5.74) is 1.85. The second kappa shape index (κ2) is 4.95. The molecule has 22 heavy (non-hydrogen) atoms. The molecule has 0 amide bonds. The molecule has 8 nitrogen and oxygen atoms in total. The number of hydrogen-bond acceptors (Lipinski definition) is 7. The smallest absolute Gasteiger partial charge is 0.288 e. The average Bonchev–Trinajstić information content (AvgIpc) is 2.81. The van der Waals surface area contributed by atoms with Crippen LogP contribution in [0.4, 0.5) is 0 Å². The molecular weight excluding hydrogens is 332 g/mol. The van der Waals surface area contributed by atoms with E-state index in [2.05, 4.69) is 0 Å². The molecule has 1 aliphatic heterocycles. The molecule has 0 bridgehead atoms. The van der Waals surface area contributed by atoms with E-state index in [1.807, 2.05) is 12.1 Å². The number of rotatable bonds is 4. The predicted octanol–water partition coefficient (Wildman–Crippen LogP) is 0.236. The fourth-order valence-corrected chi connectivity index (χ4v) is 3.32. The Morgan fingerprint density at radius 1 is 0.864 bits per heavy atom. The van der Waals surface area contributed by atoms with Gasteiger partial charge in [0.1, 0.15) is 0 Å². The molecule has 0 saturated heterocycles. The van der Waals surface area contributed by atoms with Gasteiger partial charge in [-0.1, -0.05) is 0 Å². The molecule has 1 aliphatic rings. The minimum Gasteiger partial charge on any atom is -0.288 e. The lowest BCUT2D eigenvalue weighted by molar-refractivity contribution is -0.0562. The summed E-state index contributed by atoms with van der Waals surface area (Å²) in [6.45, 7) is 0.687. The highest BCUT2D eigenvalue weighted by Gasteiger charge is 2.23. The lowest BCUT2D eigenvalue weighted by Crippen LogP contribution is -2.21. The normalized spacial score (nSPS) is 16.1. The van der Waals surface area contributed by atoms with E-state index in [1.54, 1.807) is 12.4 Å². The maximum atomic E-state index is 11.2. The topological polar surface area (TPSA) is 94.9 Å². The van der Waals surface area contributed by atoms with Crippen LogP contribution in [0.2, 0.25) is 0 Å². The van der Waals surface area contributed by atoms with E-state index in [4.69, 9.17) is 8.57 Å². The monoisotopic (exact) mass is 346 g/mol.